The third-order valence-electron chi connectivity index (χ3n) is 4.35. The average Bonchev–Trinajstić information content (AvgIpc) is 2.48. The van der Waals surface area contributed by atoms with E-state index in [0.29, 0.717) is 0 Å². The molecule has 0 aromatic carbocycles. The Morgan fingerprint density at radius 1 is 1.29 bits per heavy atom. The molecule has 1 saturated heterocycles. The maximum absolute atomic E-state index is 11.3. The lowest BCUT2D eigenvalue weighted by Gasteiger charge is -2.32. The first-order valence-electron chi connectivity index (χ1n) is 6.88. The minimum absolute atomic E-state index is 0.184. The Labute approximate surface area is 105 Å². The number of aliphatic hydroxyl groups is 1. The molecule has 0 aliphatic carbocycles. The fourth-order valence-corrected chi connectivity index (χ4v) is 2.60. The van der Waals surface area contributed by atoms with Gasteiger partial charge in [-0.3, -0.25) is 0 Å². The van der Waals surface area contributed by atoms with Gasteiger partial charge in [0.1, 0.15) is 6.29 Å². The third kappa shape index (κ3) is 4.07. The van der Waals surface area contributed by atoms with Crippen molar-refractivity contribution < 1.29 is 9.90 Å². The monoisotopic (exact) mass is 241 g/mol. The molecule has 0 saturated carbocycles. The number of carbonyl (C=O) groups excluding carboxylic acids is 1. The fraction of sp³-hybridized carbons (Fsp3) is 0.929. The molecule has 0 aromatic heterocycles. The zero-order valence-electron chi connectivity index (χ0n) is 11.5. The van der Waals surface area contributed by atoms with Gasteiger partial charge in [0.15, 0.2) is 0 Å². The van der Waals surface area contributed by atoms with E-state index in [1.54, 1.807) is 0 Å². The molecule has 3 heteroatoms. The summed E-state index contributed by atoms with van der Waals surface area (Å²) in [4.78, 5) is 13.7. The molecule has 3 nitrogen and oxygen atoms in total. The predicted molar refractivity (Wildman–Crippen MR) is 70.0 cm³/mol. The van der Waals surface area contributed by atoms with Crippen LogP contribution in [0.3, 0.4) is 0 Å². The molecule has 0 amide bonds. The van der Waals surface area contributed by atoms with Crippen LogP contribution < -0.4 is 0 Å². The van der Waals surface area contributed by atoms with Gasteiger partial charge in [0.25, 0.3) is 0 Å². The second-order valence-electron chi connectivity index (χ2n) is 5.81. The number of nitrogens with zero attached hydrogens (tertiary/aromatic N) is 1. The van der Waals surface area contributed by atoms with Crippen LogP contribution in [0.4, 0.5) is 0 Å². The van der Waals surface area contributed by atoms with Crippen molar-refractivity contribution in [2.75, 3.05) is 19.6 Å². The highest BCUT2D eigenvalue weighted by molar-refractivity contribution is 5.59. The second-order valence-corrected chi connectivity index (χ2v) is 5.81. The van der Waals surface area contributed by atoms with Gasteiger partial charge in [0.2, 0.25) is 0 Å². The highest BCUT2D eigenvalue weighted by Crippen LogP contribution is 2.28. The molecular weight excluding hydrogens is 214 g/mol. The summed E-state index contributed by atoms with van der Waals surface area (Å²) in [5.74, 6) is 0. The quantitative estimate of drug-likeness (QED) is 0.750. The van der Waals surface area contributed by atoms with E-state index in [-0.39, 0.29) is 5.41 Å². The van der Waals surface area contributed by atoms with Crippen molar-refractivity contribution in [3.8, 4) is 0 Å². The van der Waals surface area contributed by atoms with Gasteiger partial charge in [0, 0.05) is 18.5 Å². The molecule has 1 unspecified atom stereocenters. The number of rotatable bonds is 5. The number of aldehydes is 1. The Kier molecular flexibility index (Phi) is 5.14. The summed E-state index contributed by atoms with van der Waals surface area (Å²) in [6.07, 6.45) is 5.65. The van der Waals surface area contributed by atoms with Crippen molar-refractivity contribution in [2.24, 2.45) is 5.41 Å². The maximum Gasteiger partial charge on any atom is 0.127 e. The van der Waals surface area contributed by atoms with Crippen LogP contribution in [0.2, 0.25) is 0 Å². The molecule has 1 N–H and O–H groups in total. The summed E-state index contributed by atoms with van der Waals surface area (Å²) in [6, 6.07) is 0. The van der Waals surface area contributed by atoms with E-state index in [2.05, 4.69) is 18.7 Å². The van der Waals surface area contributed by atoms with E-state index in [9.17, 15) is 9.90 Å². The van der Waals surface area contributed by atoms with E-state index in [0.717, 1.165) is 58.0 Å². The van der Waals surface area contributed by atoms with Crippen molar-refractivity contribution >= 4 is 6.29 Å². The minimum atomic E-state index is -0.517. The van der Waals surface area contributed by atoms with Gasteiger partial charge in [-0.25, -0.2) is 0 Å². The van der Waals surface area contributed by atoms with Crippen LogP contribution in [-0.4, -0.2) is 41.5 Å². The predicted octanol–water partition coefficient (Wildman–Crippen LogP) is 2.23. The SMILES string of the molecule is CCC(C=O)(CC)CN1CCCC(C)(O)CC1. The number of hydrogen-bond acceptors (Lipinski definition) is 3. The lowest BCUT2D eigenvalue weighted by molar-refractivity contribution is -0.117. The molecule has 0 bridgehead atoms. The Bertz CT molecular complexity index is 247. The van der Waals surface area contributed by atoms with Gasteiger partial charge < -0.3 is 14.8 Å². The molecule has 1 aliphatic rings. The Hall–Kier alpha value is -0.410. The van der Waals surface area contributed by atoms with Crippen LogP contribution >= 0.6 is 0 Å². The molecule has 17 heavy (non-hydrogen) atoms. The van der Waals surface area contributed by atoms with E-state index in [4.69, 9.17) is 0 Å². The molecule has 1 aliphatic heterocycles. The van der Waals surface area contributed by atoms with Crippen LogP contribution in [0.15, 0.2) is 0 Å². The van der Waals surface area contributed by atoms with Crippen LogP contribution in [0.1, 0.15) is 52.9 Å². The standard InChI is InChI=1S/C14H27NO2/c1-4-14(5-2,12-16)11-15-9-6-7-13(3,17)8-10-15/h12,17H,4-11H2,1-3H3. The topological polar surface area (TPSA) is 40.5 Å². The van der Waals surface area contributed by atoms with Crippen LogP contribution in [0.5, 0.6) is 0 Å². The first kappa shape index (κ1) is 14.7. The molecule has 0 spiro atoms. The number of hydrogen-bond donors (Lipinski definition) is 1. The molecule has 1 fully saturated rings. The van der Waals surface area contributed by atoms with Crippen LogP contribution in [0.25, 0.3) is 0 Å². The molecule has 0 radical (unpaired) electrons. The largest absolute Gasteiger partial charge is 0.390 e. The zero-order chi connectivity index (χ0) is 12.9. The van der Waals surface area contributed by atoms with Crippen molar-refractivity contribution in [1.82, 2.24) is 4.90 Å². The number of carbonyl (C=O) groups is 1. The van der Waals surface area contributed by atoms with E-state index in [1.165, 1.54) is 0 Å². The Morgan fingerprint density at radius 2 is 1.94 bits per heavy atom. The van der Waals surface area contributed by atoms with Gasteiger partial charge >= 0.3 is 0 Å². The van der Waals surface area contributed by atoms with Crippen molar-refractivity contribution in [3.63, 3.8) is 0 Å². The van der Waals surface area contributed by atoms with Crippen molar-refractivity contribution in [3.05, 3.63) is 0 Å². The molecule has 1 heterocycles. The minimum Gasteiger partial charge on any atom is -0.390 e. The zero-order valence-corrected chi connectivity index (χ0v) is 11.5. The van der Waals surface area contributed by atoms with Gasteiger partial charge in [-0.05, 0) is 45.6 Å². The molecular formula is C14H27NO2. The first-order chi connectivity index (χ1) is 7.97. The third-order valence-corrected chi connectivity index (χ3v) is 4.35. The molecule has 1 rings (SSSR count). The summed E-state index contributed by atoms with van der Waals surface area (Å²) in [5.41, 5.74) is -0.701. The summed E-state index contributed by atoms with van der Waals surface area (Å²) in [5, 5.41) is 10.0. The van der Waals surface area contributed by atoms with Gasteiger partial charge in [-0.1, -0.05) is 13.8 Å². The van der Waals surface area contributed by atoms with Gasteiger partial charge in [0.05, 0.1) is 5.60 Å². The van der Waals surface area contributed by atoms with E-state index < -0.39 is 5.60 Å². The summed E-state index contributed by atoms with van der Waals surface area (Å²) >= 11 is 0. The Balaban J connectivity index is 2.59. The summed E-state index contributed by atoms with van der Waals surface area (Å²) in [7, 11) is 0. The van der Waals surface area contributed by atoms with Gasteiger partial charge in [-0.15, -0.1) is 0 Å². The van der Waals surface area contributed by atoms with Crippen LogP contribution in [-0.2, 0) is 4.79 Å². The smallest absolute Gasteiger partial charge is 0.127 e. The van der Waals surface area contributed by atoms with Crippen molar-refractivity contribution in [1.29, 1.82) is 0 Å². The maximum atomic E-state index is 11.3. The molecule has 0 aromatic rings. The van der Waals surface area contributed by atoms with Gasteiger partial charge in [-0.2, -0.15) is 0 Å². The van der Waals surface area contributed by atoms with Crippen molar-refractivity contribution in [2.45, 2.75) is 58.5 Å². The average molecular weight is 241 g/mol. The normalized spacial score (nSPS) is 27.8. The number of likely N-dealkylation sites (tertiary alicyclic amines) is 1. The highest BCUT2D eigenvalue weighted by atomic mass is 16.3. The first-order valence-corrected chi connectivity index (χ1v) is 6.88. The lowest BCUT2D eigenvalue weighted by Crippen LogP contribution is -2.39. The fourth-order valence-electron chi connectivity index (χ4n) is 2.60. The molecule has 1 atom stereocenters. The Morgan fingerprint density at radius 3 is 2.47 bits per heavy atom. The van der Waals surface area contributed by atoms with E-state index >= 15 is 0 Å². The highest BCUT2D eigenvalue weighted by Gasteiger charge is 2.31. The molecule has 100 valence electrons. The second kappa shape index (κ2) is 5.96. The van der Waals surface area contributed by atoms with Crippen LogP contribution in [0, 0.1) is 5.41 Å². The lowest BCUT2D eigenvalue weighted by atomic mass is 9.83. The summed E-state index contributed by atoms with van der Waals surface area (Å²) < 4.78 is 0. The summed E-state index contributed by atoms with van der Waals surface area (Å²) in [6.45, 7) is 8.86. The van der Waals surface area contributed by atoms with E-state index in [1.807, 2.05) is 6.92 Å².